The predicted molar refractivity (Wildman–Crippen MR) is 95.9 cm³/mol. The third-order valence-corrected chi connectivity index (χ3v) is 4.43. The molecule has 3 aliphatic rings. The molecule has 3 aliphatic heterocycles. The molecule has 0 spiro atoms. The van der Waals surface area contributed by atoms with Gasteiger partial charge < -0.3 is 15.6 Å². The fraction of sp³-hybridized carbons (Fsp3) is 0.222. The van der Waals surface area contributed by atoms with Crippen LogP contribution in [0, 0.1) is 0 Å². The Kier molecular flexibility index (Phi) is 4.34. The van der Waals surface area contributed by atoms with Crippen LogP contribution in [0.4, 0.5) is 13.2 Å². The molecule has 10 heteroatoms. The third-order valence-electron chi connectivity index (χ3n) is 4.43. The van der Waals surface area contributed by atoms with Gasteiger partial charge in [0.2, 0.25) is 0 Å². The molecular formula is C18H17F3N6O. The topological polar surface area (TPSA) is 72.0 Å². The zero-order chi connectivity index (χ0) is 19.9. The molecule has 0 aliphatic carbocycles. The summed E-state index contributed by atoms with van der Waals surface area (Å²) in [5, 5.41) is 13.1. The Morgan fingerprint density at radius 1 is 1.25 bits per heavy atom. The predicted octanol–water partition coefficient (Wildman–Crippen LogP) is 1.46. The van der Waals surface area contributed by atoms with Crippen LogP contribution >= 0.6 is 0 Å². The van der Waals surface area contributed by atoms with Crippen molar-refractivity contribution < 1.29 is 18.0 Å². The van der Waals surface area contributed by atoms with E-state index in [0.29, 0.717) is 0 Å². The summed E-state index contributed by atoms with van der Waals surface area (Å²) in [6.45, 7) is 0. The lowest BCUT2D eigenvalue weighted by Crippen LogP contribution is -2.47. The standard InChI is InChI=1S/C18H17F3N6O/c1-26-9-8-15(25-26)23-17(28)14-10-22-16-7-6-13(24-27(14)16)11-4-2-3-5-12(11)18(19,20)21/h2-10,15-16,22,25H,1H3,(H,23,28). The van der Waals surface area contributed by atoms with Gasteiger partial charge in [0.15, 0.2) is 0 Å². The first kappa shape index (κ1) is 18.1. The molecule has 2 atom stereocenters. The van der Waals surface area contributed by atoms with Crippen molar-refractivity contribution in [1.29, 1.82) is 0 Å². The van der Waals surface area contributed by atoms with Crippen molar-refractivity contribution in [2.45, 2.75) is 18.5 Å². The van der Waals surface area contributed by atoms with Crippen molar-refractivity contribution in [3.05, 3.63) is 71.7 Å². The van der Waals surface area contributed by atoms with Crippen molar-refractivity contribution in [3.63, 3.8) is 0 Å². The Labute approximate surface area is 158 Å². The number of hydrazone groups is 1. The molecule has 3 heterocycles. The minimum Gasteiger partial charge on any atom is -0.365 e. The highest BCUT2D eigenvalue weighted by atomic mass is 19.4. The number of rotatable bonds is 3. The molecule has 1 amide bonds. The van der Waals surface area contributed by atoms with Crippen molar-refractivity contribution >= 4 is 11.6 Å². The zero-order valence-electron chi connectivity index (χ0n) is 14.7. The Morgan fingerprint density at radius 3 is 2.75 bits per heavy atom. The van der Waals surface area contributed by atoms with Crippen molar-refractivity contribution in [2.75, 3.05) is 7.05 Å². The van der Waals surface area contributed by atoms with Crippen LogP contribution in [0.5, 0.6) is 0 Å². The van der Waals surface area contributed by atoms with Gasteiger partial charge in [-0.3, -0.25) is 4.79 Å². The molecule has 2 unspecified atom stereocenters. The van der Waals surface area contributed by atoms with E-state index in [1.165, 1.54) is 35.5 Å². The van der Waals surface area contributed by atoms with Crippen molar-refractivity contribution in [2.24, 2.45) is 5.10 Å². The van der Waals surface area contributed by atoms with Crippen LogP contribution in [0.1, 0.15) is 11.1 Å². The monoisotopic (exact) mass is 390 g/mol. The molecule has 0 aromatic heterocycles. The molecule has 1 aromatic rings. The summed E-state index contributed by atoms with van der Waals surface area (Å²) in [7, 11) is 1.79. The largest absolute Gasteiger partial charge is 0.417 e. The molecule has 3 N–H and O–H groups in total. The highest BCUT2D eigenvalue weighted by molar-refractivity contribution is 6.10. The lowest BCUT2D eigenvalue weighted by Gasteiger charge is -2.27. The van der Waals surface area contributed by atoms with E-state index in [1.54, 1.807) is 30.4 Å². The normalized spacial score (nSPS) is 23.3. The van der Waals surface area contributed by atoms with Crippen LogP contribution in [-0.4, -0.2) is 41.0 Å². The first-order valence-corrected chi connectivity index (χ1v) is 8.50. The summed E-state index contributed by atoms with van der Waals surface area (Å²) < 4.78 is 40.0. The maximum Gasteiger partial charge on any atom is 0.417 e. The van der Waals surface area contributed by atoms with Gasteiger partial charge in [-0.05, 0) is 24.3 Å². The Hall–Kier alpha value is -3.27. The van der Waals surface area contributed by atoms with Gasteiger partial charge in [0.1, 0.15) is 18.0 Å². The average Bonchev–Trinajstić information content (AvgIpc) is 3.26. The Morgan fingerprint density at radius 2 is 2.04 bits per heavy atom. The van der Waals surface area contributed by atoms with Crippen LogP contribution in [0.3, 0.4) is 0 Å². The number of halogens is 3. The van der Waals surface area contributed by atoms with E-state index in [9.17, 15) is 18.0 Å². The summed E-state index contributed by atoms with van der Waals surface area (Å²) in [4.78, 5) is 12.6. The number of hydrogen-bond donors (Lipinski definition) is 3. The fourth-order valence-corrected chi connectivity index (χ4v) is 3.12. The van der Waals surface area contributed by atoms with Crippen molar-refractivity contribution in [3.8, 4) is 0 Å². The fourth-order valence-electron chi connectivity index (χ4n) is 3.12. The van der Waals surface area contributed by atoms with Crippen LogP contribution < -0.4 is 16.1 Å². The van der Waals surface area contributed by atoms with Gasteiger partial charge in [-0.1, -0.05) is 18.2 Å². The molecule has 0 saturated carbocycles. The van der Waals surface area contributed by atoms with Crippen LogP contribution in [0.15, 0.2) is 65.7 Å². The van der Waals surface area contributed by atoms with Gasteiger partial charge in [0.05, 0.1) is 11.3 Å². The van der Waals surface area contributed by atoms with Gasteiger partial charge >= 0.3 is 6.18 Å². The number of alkyl halides is 3. The lowest BCUT2D eigenvalue weighted by molar-refractivity contribution is -0.137. The molecule has 146 valence electrons. The first-order chi connectivity index (χ1) is 13.3. The van der Waals surface area contributed by atoms with E-state index >= 15 is 0 Å². The highest BCUT2D eigenvalue weighted by Crippen LogP contribution is 2.33. The molecule has 28 heavy (non-hydrogen) atoms. The lowest BCUT2D eigenvalue weighted by atomic mass is 10.0. The molecule has 4 rings (SSSR count). The maximum absolute atomic E-state index is 13.3. The van der Waals surface area contributed by atoms with E-state index in [1.807, 2.05) is 0 Å². The zero-order valence-corrected chi connectivity index (χ0v) is 14.7. The minimum atomic E-state index is -4.50. The second-order valence-corrected chi connectivity index (χ2v) is 6.41. The van der Waals surface area contributed by atoms with Crippen molar-refractivity contribution in [1.82, 2.24) is 26.1 Å². The highest BCUT2D eigenvalue weighted by Gasteiger charge is 2.36. The van der Waals surface area contributed by atoms with E-state index in [2.05, 4.69) is 21.2 Å². The van der Waals surface area contributed by atoms with E-state index < -0.39 is 23.8 Å². The van der Waals surface area contributed by atoms with E-state index in [0.717, 1.165) is 6.07 Å². The van der Waals surface area contributed by atoms with E-state index in [4.69, 9.17) is 0 Å². The minimum absolute atomic E-state index is 0.0432. The summed E-state index contributed by atoms with van der Waals surface area (Å²) in [6, 6.07) is 5.23. The molecule has 0 bridgehead atoms. The average molecular weight is 390 g/mol. The van der Waals surface area contributed by atoms with Crippen LogP contribution in [0.2, 0.25) is 0 Å². The number of nitrogens with zero attached hydrogens (tertiary/aromatic N) is 3. The van der Waals surface area contributed by atoms with E-state index in [-0.39, 0.29) is 23.1 Å². The number of amides is 1. The van der Waals surface area contributed by atoms with Crippen LogP contribution in [0.25, 0.3) is 0 Å². The Balaban J connectivity index is 1.58. The number of nitrogens with one attached hydrogen (secondary N) is 3. The molecule has 0 saturated heterocycles. The number of fused-ring (bicyclic) bond motifs is 1. The van der Waals surface area contributed by atoms with Gasteiger partial charge in [-0.25, -0.2) is 10.4 Å². The quantitative estimate of drug-likeness (QED) is 0.729. The van der Waals surface area contributed by atoms with Gasteiger partial charge in [-0.2, -0.15) is 18.3 Å². The Bertz CT molecular complexity index is 920. The molecular weight excluding hydrogens is 373 g/mol. The number of benzene rings is 1. The number of carbonyl (C=O) groups excluding carboxylic acids is 1. The molecule has 7 nitrogen and oxygen atoms in total. The number of hydrazine groups is 1. The van der Waals surface area contributed by atoms with Gasteiger partial charge in [0.25, 0.3) is 5.91 Å². The van der Waals surface area contributed by atoms with Crippen LogP contribution in [-0.2, 0) is 11.0 Å². The summed E-state index contributed by atoms with van der Waals surface area (Å²) in [5.74, 6) is -0.407. The second-order valence-electron chi connectivity index (χ2n) is 6.41. The maximum atomic E-state index is 13.3. The summed E-state index contributed by atoms with van der Waals surface area (Å²) in [5.41, 5.74) is 2.51. The first-order valence-electron chi connectivity index (χ1n) is 8.50. The third kappa shape index (κ3) is 3.33. The molecule has 0 radical (unpaired) electrons. The summed E-state index contributed by atoms with van der Waals surface area (Å²) in [6.07, 6.45) is 2.89. The van der Waals surface area contributed by atoms with Gasteiger partial charge in [-0.15, -0.1) is 0 Å². The summed E-state index contributed by atoms with van der Waals surface area (Å²) >= 11 is 0. The number of hydrogen-bond acceptors (Lipinski definition) is 6. The molecule has 0 fully saturated rings. The SMILES string of the molecule is CN1C=CC(NC(=O)C2=CNC3C=CC(c4ccccc4C(F)(F)F)=NN23)N1. The smallest absolute Gasteiger partial charge is 0.365 e. The van der Waals surface area contributed by atoms with Gasteiger partial charge in [0, 0.05) is 25.0 Å². The number of carbonyl (C=O) groups is 1. The molecule has 1 aromatic carbocycles. The number of allylic oxidation sites excluding steroid dienone is 1. The second kappa shape index (κ2) is 6.71.